The molecule has 6 heteroatoms. The molecule has 110 valence electrons. The van der Waals surface area contributed by atoms with Gasteiger partial charge >= 0.3 is 0 Å². The number of likely N-dealkylation sites (tertiary alicyclic amines) is 1. The molecule has 1 fully saturated rings. The van der Waals surface area contributed by atoms with Gasteiger partial charge in [-0.3, -0.25) is 14.0 Å². The van der Waals surface area contributed by atoms with Crippen molar-refractivity contribution >= 4 is 16.3 Å². The van der Waals surface area contributed by atoms with Gasteiger partial charge in [-0.15, -0.1) is 11.3 Å². The van der Waals surface area contributed by atoms with Crippen LogP contribution in [0.4, 0.5) is 0 Å². The topological polar surface area (TPSA) is 38.4 Å². The molecule has 4 rings (SSSR count). The average Bonchev–Trinajstić information content (AvgIpc) is 3.17. The monoisotopic (exact) mass is 301 g/mol. The number of thiazole rings is 1. The molecule has 1 saturated heterocycles. The van der Waals surface area contributed by atoms with E-state index in [1.54, 1.807) is 11.3 Å². The van der Waals surface area contributed by atoms with Gasteiger partial charge in [0, 0.05) is 42.8 Å². The summed E-state index contributed by atoms with van der Waals surface area (Å²) in [4.78, 5) is 8.37. The van der Waals surface area contributed by atoms with Crippen molar-refractivity contribution in [1.82, 2.24) is 24.1 Å². The second-order valence-electron chi connectivity index (χ2n) is 5.67. The first-order valence-electron chi connectivity index (χ1n) is 7.51. The minimum atomic E-state index is 0.568. The molecule has 0 bridgehead atoms. The first-order valence-corrected chi connectivity index (χ1v) is 8.39. The normalized spacial score (nSPS) is 20.3. The van der Waals surface area contributed by atoms with Crippen LogP contribution in [0.15, 0.2) is 36.2 Å². The molecule has 0 unspecified atom stereocenters. The molecule has 1 atom stereocenters. The second kappa shape index (κ2) is 5.61. The molecule has 0 aromatic carbocycles. The maximum atomic E-state index is 4.72. The summed E-state index contributed by atoms with van der Waals surface area (Å²) in [5, 5.41) is 6.43. The fraction of sp³-hybridized carbons (Fsp3) is 0.467. The molecule has 3 aromatic heterocycles. The summed E-state index contributed by atoms with van der Waals surface area (Å²) in [6, 6.07) is 2.56. The molecule has 1 aliphatic heterocycles. The van der Waals surface area contributed by atoms with Crippen LogP contribution >= 0.6 is 11.3 Å². The van der Waals surface area contributed by atoms with E-state index in [1.807, 2.05) is 12.3 Å². The molecule has 0 radical (unpaired) electrons. The highest BCUT2D eigenvalue weighted by Crippen LogP contribution is 2.21. The average molecular weight is 301 g/mol. The van der Waals surface area contributed by atoms with Crippen LogP contribution < -0.4 is 0 Å². The highest BCUT2D eigenvalue weighted by molar-refractivity contribution is 7.15. The van der Waals surface area contributed by atoms with Gasteiger partial charge in [-0.05, 0) is 25.5 Å². The first kappa shape index (κ1) is 13.0. The predicted octanol–water partition coefficient (Wildman–Crippen LogP) is 2.65. The number of hydrogen-bond donors (Lipinski definition) is 0. The number of imidazole rings is 1. The Balaban J connectivity index is 1.49. The molecule has 0 spiro atoms. The van der Waals surface area contributed by atoms with Crippen molar-refractivity contribution in [3.05, 3.63) is 41.9 Å². The third-order valence-electron chi connectivity index (χ3n) is 4.21. The number of hydrogen-bond acceptors (Lipinski definition) is 4. The Kier molecular flexibility index (Phi) is 3.48. The zero-order chi connectivity index (χ0) is 14.1. The van der Waals surface area contributed by atoms with Gasteiger partial charge in [0.1, 0.15) is 0 Å². The molecule has 4 heterocycles. The summed E-state index contributed by atoms with van der Waals surface area (Å²) in [6.07, 6.45) is 12.0. The maximum absolute atomic E-state index is 4.72. The van der Waals surface area contributed by atoms with Crippen molar-refractivity contribution in [3.8, 4) is 0 Å². The molecule has 0 saturated carbocycles. The van der Waals surface area contributed by atoms with Crippen LogP contribution in [0.3, 0.4) is 0 Å². The van der Waals surface area contributed by atoms with E-state index in [2.05, 4.69) is 43.1 Å². The summed E-state index contributed by atoms with van der Waals surface area (Å²) < 4.78 is 4.17. The molecule has 5 nitrogen and oxygen atoms in total. The Hall–Kier alpha value is -1.66. The van der Waals surface area contributed by atoms with Crippen LogP contribution in [0.1, 0.15) is 25.0 Å². The van der Waals surface area contributed by atoms with Crippen LogP contribution in [0.2, 0.25) is 0 Å². The Morgan fingerprint density at radius 2 is 2.29 bits per heavy atom. The van der Waals surface area contributed by atoms with Crippen LogP contribution in [-0.2, 0) is 13.1 Å². The SMILES string of the molecule is c1cnn(C[C@H]2CCCCN2Cc2cn3ccsc3n2)c1. The number of fused-ring (bicyclic) bond motifs is 1. The largest absolute Gasteiger partial charge is 0.297 e. The Morgan fingerprint density at radius 3 is 3.14 bits per heavy atom. The predicted molar refractivity (Wildman–Crippen MR) is 83.3 cm³/mol. The number of aromatic nitrogens is 4. The van der Waals surface area contributed by atoms with Gasteiger partial charge in [-0.1, -0.05) is 6.42 Å². The lowest BCUT2D eigenvalue weighted by atomic mass is 10.0. The van der Waals surface area contributed by atoms with Crippen molar-refractivity contribution in [2.75, 3.05) is 6.54 Å². The van der Waals surface area contributed by atoms with E-state index < -0.39 is 0 Å². The lowest BCUT2D eigenvalue weighted by Crippen LogP contribution is -2.41. The third-order valence-corrected chi connectivity index (χ3v) is 4.99. The van der Waals surface area contributed by atoms with Gasteiger partial charge in [0.25, 0.3) is 0 Å². The summed E-state index contributed by atoms with van der Waals surface area (Å²) in [5.74, 6) is 0. The zero-order valence-corrected chi connectivity index (χ0v) is 12.7. The lowest BCUT2D eigenvalue weighted by Gasteiger charge is -2.35. The molecule has 0 N–H and O–H groups in total. The van der Waals surface area contributed by atoms with Gasteiger partial charge in [0.05, 0.1) is 12.2 Å². The number of piperidine rings is 1. The fourth-order valence-corrected chi connectivity index (χ4v) is 3.88. The highest BCUT2D eigenvalue weighted by atomic mass is 32.1. The Bertz CT molecular complexity index is 670. The van der Waals surface area contributed by atoms with E-state index >= 15 is 0 Å². The number of rotatable bonds is 4. The number of nitrogens with zero attached hydrogens (tertiary/aromatic N) is 5. The van der Waals surface area contributed by atoms with E-state index in [9.17, 15) is 0 Å². The van der Waals surface area contributed by atoms with Crippen molar-refractivity contribution in [1.29, 1.82) is 0 Å². The molecule has 1 aliphatic rings. The third kappa shape index (κ3) is 2.73. The van der Waals surface area contributed by atoms with Gasteiger partial charge in [0.2, 0.25) is 0 Å². The molecule has 21 heavy (non-hydrogen) atoms. The summed E-state index contributed by atoms with van der Waals surface area (Å²) >= 11 is 1.69. The lowest BCUT2D eigenvalue weighted by molar-refractivity contribution is 0.120. The van der Waals surface area contributed by atoms with E-state index in [-0.39, 0.29) is 0 Å². The van der Waals surface area contributed by atoms with Gasteiger partial charge in [-0.2, -0.15) is 5.10 Å². The summed E-state index contributed by atoms with van der Waals surface area (Å²) in [5.41, 5.74) is 1.18. The van der Waals surface area contributed by atoms with Crippen molar-refractivity contribution in [3.63, 3.8) is 0 Å². The summed E-state index contributed by atoms with van der Waals surface area (Å²) in [6.45, 7) is 3.09. The molecular weight excluding hydrogens is 282 g/mol. The van der Waals surface area contributed by atoms with E-state index in [0.29, 0.717) is 6.04 Å². The van der Waals surface area contributed by atoms with E-state index in [1.165, 1.54) is 25.0 Å². The quantitative estimate of drug-likeness (QED) is 0.743. The molecular formula is C15H19N5S. The highest BCUT2D eigenvalue weighted by Gasteiger charge is 2.23. The Morgan fingerprint density at radius 1 is 1.29 bits per heavy atom. The maximum Gasteiger partial charge on any atom is 0.193 e. The molecule has 0 amide bonds. The van der Waals surface area contributed by atoms with Crippen LogP contribution in [0.5, 0.6) is 0 Å². The molecule has 0 aliphatic carbocycles. The van der Waals surface area contributed by atoms with E-state index in [4.69, 9.17) is 4.98 Å². The van der Waals surface area contributed by atoms with Gasteiger partial charge in [0.15, 0.2) is 4.96 Å². The minimum Gasteiger partial charge on any atom is -0.297 e. The minimum absolute atomic E-state index is 0.568. The van der Waals surface area contributed by atoms with Crippen LogP contribution in [-0.4, -0.2) is 36.7 Å². The van der Waals surface area contributed by atoms with Crippen molar-refractivity contribution in [2.45, 2.75) is 38.4 Å². The van der Waals surface area contributed by atoms with Gasteiger partial charge in [-0.25, -0.2) is 4.98 Å². The summed E-state index contributed by atoms with van der Waals surface area (Å²) in [7, 11) is 0. The second-order valence-corrected chi connectivity index (χ2v) is 6.55. The Labute approximate surface area is 127 Å². The fourth-order valence-electron chi connectivity index (χ4n) is 3.16. The standard InChI is InChI=1S/C15H19N5S/c1-2-6-18(14(4-1)12-20-7-3-5-16-20)10-13-11-19-8-9-21-15(19)17-13/h3,5,7-9,11,14H,1-2,4,6,10,12H2/t14-/m1/s1. The zero-order valence-electron chi connectivity index (χ0n) is 11.9. The van der Waals surface area contributed by atoms with Crippen LogP contribution in [0.25, 0.3) is 4.96 Å². The van der Waals surface area contributed by atoms with Crippen molar-refractivity contribution in [2.24, 2.45) is 0 Å². The van der Waals surface area contributed by atoms with Crippen LogP contribution in [0, 0.1) is 0 Å². The first-order chi connectivity index (χ1) is 10.4. The van der Waals surface area contributed by atoms with E-state index in [0.717, 1.165) is 24.6 Å². The van der Waals surface area contributed by atoms with Gasteiger partial charge < -0.3 is 0 Å². The molecule has 3 aromatic rings. The smallest absolute Gasteiger partial charge is 0.193 e. The van der Waals surface area contributed by atoms with Crippen molar-refractivity contribution < 1.29 is 0 Å².